The zero-order valence-corrected chi connectivity index (χ0v) is 26.1. The van der Waals surface area contributed by atoms with Crippen molar-refractivity contribution in [3.05, 3.63) is 95.1 Å². The number of hydrogen-bond acceptors (Lipinski definition) is 8. The van der Waals surface area contributed by atoms with E-state index >= 15 is 0 Å². The molecule has 3 heterocycles. The molecule has 4 aromatic rings. The number of rotatable bonds is 6. The summed E-state index contributed by atoms with van der Waals surface area (Å²) in [5, 5.41) is 20.7. The van der Waals surface area contributed by atoms with Crippen molar-refractivity contribution < 1.29 is 27.6 Å². The number of fused-ring (bicyclic) bond motifs is 1. The fourth-order valence-corrected chi connectivity index (χ4v) is 6.18. The molecule has 1 aromatic heterocycles. The molecule has 1 amide bonds. The number of carbonyl (C=O) groups excluding carboxylic acids is 1. The molecule has 0 saturated carbocycles. The van der Waals surface area contributed by atoms with E-state index in [9.17, 15) is 18.3 Å². The fraction of sp³-hybridized carbons (Fsp3) is 0.267. The lowest BCUT2D eigenvalue weighted by Gasteiger charge is -2.44. The van der Waals surface area contributed by atoms with Crippen LogP contribution in [-0.2, 0) is 19.3 Å². The van der Waals surface area contributed by atoms with Gasteiger partial charge in [0.15, 0.2) is 0 Å². The van der Waals surface area contributed by atoms with E-state index < -0.39 is 46.3 Å². The second-order valence-corrected chi connectivity index (χ2v) is 13.9. The molecule has 44 heavy (non-hydrogen) atoms. The van der Waals surface area contributed by atoms with Crippen LogP contribution >= 0.6 is 11.6 Å². The van der Waals surface area contributed by atoms with Crippen LogP contribution in [0.15, 0.2) is 79.0 Å². The first kappa shape index (κ1) is 30.2. The molecule has 1 fully saturated rings. The quantitative estimate of drug-likeness (QED) is 0.304. The molecule has 2 aliphatic rings. The van der Waals surface area contributed by atoms with Crippen LogP contribution in [0, 0.1) is 0 Å². The lowest BCUT2D eigenvalue weighted by atomic mass is 9.78. The average molecular weight is 636 g/mol. The molecule has 11 nitrogen and oxygen atoms in total. The smallest absolute Gasteiger partial charge is 0.494 e. The molecule has 1 saturated heterocycles. The first-order valence-electron chi connectivity index (χ1n) is 13.8. The molecule has 1 unspecified atom stereocenters. The highest BCUT2D eigenvalue weighted by molar-refractivity contribution is 7.89. The molecule has 14 heteroatoms. The van der Waals surface area contributed by atoms with Crippen molar-refractivity contribution in [2.45, 2.75) is 45.1 Å². The van der Waals surface area contributed by atoms with Crippen molar-refractivity contribution in [2.75, 3.05) is 15.7 Å². The SMILES string of the molecule is CC1(C)OB(c2ccc(C3N(CS(N)(=O)=O)c4c(cnn4-c4cccc(O)c4)C(=O)N3c3ccc(Cl)cc3)cc2)OC1(C)C. The van der Waals surface area contributed by atoms with Gasteiger partial charge in [0, 0.05) is 16.8 Å². The van der Waals surface area contributed by atoms with Crippen LogP contribution in [0.25, 0.3) is 5.69 Å². The largest absolute Gasteiger partial charge is 0.508 e. The van der Waals surface area contributed by atoms with Gasteiger partial charge in [-0.1, -0.05) is 41.9 Å². The number of nitrogens with zero attached hydrogens (tertiary/aromatic N) is 4. The van der Waals surface area contributed by atoms with Gasteiger partial charge in [-0.3, -0.25) is 9.69 Å². The molecular formula is C30H31BClN5O6S. The van der Waals surface area contributed by atoms with E-state index in [1.165, 1.54) is 32.8 Å². The van der Waals surface area contributed by atoms with Gasteiger partial charge in [-0.05, 0) is 75.1 Å². The fourth-order valence-electron chi connectivity index (χ4n) is 5.40. The first-order chi connectivity index (χ1) is 20.6. The van der Waals surface area contributed by atoms with Crippen LogP contribution in [0.4, 0.5) is 11.5 Å². The summed E-state index contributed by atoms with van der Waals surface area (Å²) in [4.78, 5) is 17.3. The Morgan fingerprint density at radius 2 is 1.61 bits per heavy atom. The van der Waals surface area contributed by atoms with Crippen LogP contribution < -0.4 is 20.4 Å². The summed E-state index contributed by atoms with van der Waals surface area (Å²) in [6, 6.07) is 20.2. The monoisotopic (exact) mass is 635 g/mol. The van der Waals surface area contributed by atoms with E-state index in [1.54, 1.807) is 48.5 Å². The number of amides is 1. The molecule has 3 aromatic carbocycles. The summed E-state index contributed by atoms with van der Waals surface area (Å²) >= 11 is 6.17. The van der Waals surface area contributed by atoms with Gasteiger partial charge in [-0.25, -0.2) is 18.2 Å². The van der Waals surface area contributed by atoms with Gasteiger partial charge in [0.1, 0.15) is 29.2 Å². The maximum absolute atomic E-state index is 14.3. The van der Waals surface area contributed by atoms with Crippen LogP contribution in [-0.4, -0.2) is 53.4 Å². The minimum Gasteiger partial charge on any atom is -0.508 e. The van der Waals surface area contributed by atoms with E-state index in [1.807, 2.05) is 39.8 Å². The van der Waals surface area contributed by atoms with E-state index in [2.05, 4.69) is 5.10 Å². The molecule has 0 bridgehead atoms. The third-order valence-electron chi connectivity index (χ3n) is 8.26. The standard InChI is InChI=1S/C30H31BClN5O6S/c1-29(2)30(3,4)43-31(42-29)20-10-8-19(9-11-20)26-35(18-44(33,40)41)27-25(17-34-37(27)23-6-5-7-24(38)16-23)28(39)36(26)22-14-12-21(32)13-15-22/h5-17,26,38H,18H2,1-4H3,(H2,33,40,41). The topological polar surface area (TPSA) is 140 Å². The van der Waals surface area contributed by atoms with E-state index in [-0.39, 0.29) is 17.1 Å². The summed E-state index contributed by atoms with van der Waals surface area (Å²) in [6.45, 7) is 7.88. The van der Waals surface area contributed by atoms with Crippen molar-refractivity contribution in [3.8, 4) is 11.4 Å². The normalized spacial score (nSPS) is 19.4. The number of anilines is 2. The number of carbonyl (C=O) groups is 1. The predicted molar refractivity (Wildman–Crippen MR) is 169 cm³/mol. The predicted octanol–water partition coefficient (Wildman–Crippen LogP) is 3.94. The number of aromatic hydroxyl groups is 1. The third kappa shape index (κ3) is 5.35. The summed E-state index contributed by atoms with van der Waals surface area (Å²) in [5.74, 6) is -0.880. The number of hydrogen-bond donors (Lipinski definition) is 2. The molecule has 0 aliphatic carbocycles. The van der Waals surface area contributed by atoms with Gasteiger partial charge >= 0.3 is 7.12 Å². The molecule has 6 rings (SSSR count). The molecule has 3 N–H and O–H groups in total. The number of phenols is 1. The van der Waals surface area contributed by atoms with Crippen molar-refractivity contribution >= 4 is 51.6 Å². The van der Waals surface area contributed by atoms with Crippen LogP contribution in [0.5, 0.6) is 5.75 Å². The third-order valence-corrected chi connectivity index (χ3v) is 9.15. The van der Waals surface area contributed by atoms with E-state index in [4.69, 9.17) is 26.0 Å². The maximum Gasteiger partial charge on any atom is 0.494 e. The highest BCUT2D eigenvalue weighted by atomic mass is 35.5. The maximum atomic E-state index is 14.3. The Morgan fingerprint density at radius 1 is 0.977 bits per heavy atom. The molecule has 0 spiro atoms. The van der Waals surface area contributed by atoms with Gasteiger partial charge in [-0.2, -0.15) is 5.10 Å². The number of sulfonamides is 1. The first-order valence-corrected chi connectivity index (χ1v) is 15.9. The number of benzene rings is 3. The summed E-state index contributed by atoms with van der Waals surface area (Å²) in [7, 11) is -4.75. The molecule has 0 radical (unpaired) electrons. The Bertz CT molecular complexity index is 1830. The molecule has 2 aliphatic heterocycles. The summed E-state index contributed by atoms with van der Waals surface area (Å²) in [6.07, 6.45) is 0.396. The molecular weight excluding hydrogens is 605 g/mol. The van der Waals surface area contributed by atoms with Crippen LogP contribution in [0.2, 0.25) is 5.02 Å². The van der Waals surface area contributed by atoms with Crippen LogP contribution in [0.3, 0.4) is 0 Å². The van der Waals surface area contributed by atoms with Crippen molar-refractivity contribution in [2.24, 2.45) is 5.14 Å². The van der Waals surface area contributed by atoms with Gasteiger partial charge in [0.2, 0.25) is 10.0 Å². The number of primary sulfonamides is 1. The Hall–Kier alpha value is -3.88. The zero-order chi connectivity index (χ0) is 31.6. The van der Waals surface area contributed by atoms with Gasteiger partial charge in [0.05, 0.1) is 23.1 Å². The Morgan fingerprint density at radius 3 is 2.20 bits per heavy atom. The zero-order valence-electron chi connectivity index (χ0n) is 24.5. The second kappa shape index (κ2) is 10.6. The number of aromatic nitrogens is 2. The lowest BCUT2D eigenvalue weighted by molar-refractivity contribution is 0.00578. The average Bonchev–Trinajstić information content (AvgIpc) is 3.48. The van der Waals surface area contributed by atoms with Gasteiger partial charge in [0.25, 0.3) is 5.91 Å². The lowest BCUT2D eigenvalue weighted by Crippen LogP contribution is -2.52. The molecule has 1 atom stereocenters. The van der Waals surface area contributed by atoms with Crippen molar-refractivity contribution in [1.29, 1.82) is 0 Å². The highest BCUT2D eigenvalue weighted by Crippen LogP contribution is 2.43. The van der Waals surface area contributed by atoms with Crippen molar-refractivity contribution in [3.63, 3.8) is 0 Å². The number of phenolic OH excluding ortho intramolecular Hbond substituents is 1. The van der Waals surface area contributed by atoms with Crippen LogP contribution in [0.1, 0.15) is 49.8 Å². The second-order valence-electron chi connectivity index (χ2n) is 11.9. The van der Waals surface area contributed by atoms with Gasteiger partial charge in [-0.15, -0.1) is 0 Å². The molecule has 228 valence electrons. The minimum absolute atomic E-state index is 0.0236. The van der Waals surface area contributed by atoms with E-state index in [0.717, 1.165) is 5.46 Å². The van der Waals surface area contributed by atoms with E-state index in [0.29, 0.717) is 22.0 Å². The minimum atomic E-state index is -4.13. The number of nitrogens with two attached hydrogens (primary N) is 1. The Labute approximate surface area is 260 Å². The highest BCUT2D eigenvalue weighted by Gasteiger charge is 2.52. The number of halogens is 1. The van der Waals surface area contributed by atoms with Gasteiger partial charge < -0.3 is 19.3 Å². The Balaban J connectivity index is 1.52. The summed E-state index contributed by atoms with van der Waals surface area (Å²) in [5.41, 5.74) is 1.33. The van der Waals surface area contributed by atoms with Crippen molar-refractivity contribution in [1.82, 2.24) is 9.78 Å². The Kier molecular flexibility index (Phi) is 7.29. The summed E-state index contributed by atoms with van der Waals surface area (Å²) < 4.78 is 39.3.